The van der Waals surface area contributed by atoms with Gasteiger partial charge in [-0.05, 0) is 44.0 Å². The number of carbonyl (C=O) groups is 1. The van der Waals surface area contributed by atoms with Crippen molar-refractivity contribution in [2.75, 3.05) is 31.5 Å². The fourth-order valence-corrected chi connectivity index (χ4v) is 2.70. The number of amides is 1. The molecule has 1 aromatic carbocycles. The van der Waals surface area contributed by atoms with Gasteiger partial charge in [-0.3, -0.25) is 4.79 Å². The zero-order valence-electron chi connectivity index (χ0n) is 12.8. The van der Waals surface area contributed by atoms with Crippen molar-refractivity contribution in [3.63, 3.8) is 0 Å². The van der Waals surface area contributed by atoms with Gasteiger partial charge in [0, 0.05) is 30.8 Å². The van der Waals surface area contributed by atoms with E-state index in [-0.39, 0.29) is 17.1 Å². The van der Waals surface area contributed by atoms with Gasteiger partial charge < -0.3 is 16.0 Å². The van der Waals surface area contributed by atoms with Crippen LogP contribution in [0.5, 0.6) is 0 Å². The molecule has 1 unspecified atom stereocenters. The van der Waals surface area contributed by atoms with E-state index in [0.717, 1.165) is 26.1 Å². The van der Waals surface area contributed by atoms with Crippen molar-refractivity contribution in [2.24, 2.45) is 11.1 Å². The van der Waals surface area contributed by atoms with E-state index >= 15 is 0 Å². The lowest BCUT2D eigenvalue weighted by atomic mass is 9.90. The number of hydrogen-bond donors (Lipinski definition) is 2. The van der Waals surface area contributed by atoms with Crippen molar-refractivity contribution in [3.05, 3.63) is 29.6 Å². The van der Waals surface area contributed by atoms with E-state index in [1.54, 1.807) is 19.1 Å². The highest BCUT2D eigenvalue weighted by molar-refractivity contribution is 5.91. The Balaban J connectivity index is 1.82. The minimum absolute atomic E-state index is 0.0787. The highest BCUT2D eigenvalue weighted by atomic mass is 19.1. The molecule has 21 heavy (non-hydrogen) atoms. The Labute approximate surface area is 125 Å². The topological polar surface area (TPSA) is 58.4 Å². The first-order valence-electron chi connectivity index (χ1n) is 7.41. The lowest BCUT2D eigenvalue weighted by Gasteiger charge is -2.22. The Morgan fingerprint density at radius 2 is 2.29 bits per heavy atom. The summed E-state index contributed by atoms with van der Waals surface area (Å²) < 4.78 is 13.4. The maximum absolute atomic E-state index is 13.4. The minimum atomic E-state index is -0.300. The van der Waals surface area contributed by atoms with E-state index in [4.69, 9.17) is 5.73 Å². The van der Waals surface area contributed by atoms with Gasteiger partial charge in [0.25, 0.3) is 0 Å². The summed E-state index contributed by atoms with van der Waals surface area (Å²) >= 11 is 0. The molecular weight excluding hydrogens is 269 g/mol. The Kier molecular flexibility index (Phi) is 4.96. The molecule has 1 atom stereocenters. The summed E-state index contributed by atoms with van der Waals surface area (Å²) in [5, 5.41) is 2.78. The Morgan fingerprint density at radius 1 is 1.52 bits per heavy atom. The molecule has 1 fully saturated rings. The maximum Gasteiger partial charge on any atom is 0.225 e. The molecule has 1 amide bonds. The van der Waals surface area contributed by atoms with Gasteiger partial charge in [-0.15, -0.1) is 0 Å². The molecule has 4 nitrogen and oxygen atoms in total. The number of anilines is 1. The summed E-state index contributed by atoms with van der Waals surface area (Å²) in [6, 6.07) is 4.71. The quantitative estimate of drug-likeness (QED) is 0.874. The molecule has 2 rings (SSSR count). The zero-order chi connectivity index (χ0) is 15.5. The molecule has 0 radical (unpaired) electrons. The first-order chi connectivity index (χ1) is 9.93. The summed E-state index contributed by atoms with van der Waals surface area (Å²) in [5.41, 5.74) is 6.98. The number of likely N-dealkylation sites (tertiary alicyclic amines) is 1. The predicted molar refractivity (Wildman–Crippen MR) is 82.6 cm³/mol. The first kappa shape index (κ1) is 15.9. The van der Waals surface area contributed by atoms with Crippen LogP contribution in [0.15, 0.2) is 18.2 Å². The van der Waals surface area contributed by atoms with Crippen molar-refractivity contribution in [1.82, 2.24) is 4.90 Å². The molecule has 0 saturated carbocycles. The van der Waals surface area contributed by atoms with Crippen LogP contribution in [0.25, 0.3) is 0 Å². The van der Waals surface area contributed by atoms with Crippen LogP contribution in [0.4, 0.5) is 10.1 Å². The highest BCUT2D eigenvalue weighted by Gasteiger charge is 2.32. The van der Waals surface area contributed by atoms with Gasteiger partial charge in [-0.25, -0.2) is 4.39 Å². The second kappa shape index (κ2) is 6.54. The van der Waals surface area contributed by atoms with Crippen LogP contribution in [0.1, 0.15) is 25.3 Å². The Morgan fingerprint density at radius 3 is 2.95 bits per heavy atom. The monoisotopic (exact) mass is 293 g/mol. The lowest BCUT2D eigenvalue weighted by Crippen LogP contribution is -2.32. The average molecular weight is 293 g/mol. The van der Waals surface area contributed by atoms with Crippen LogP contribution in [-0.4, -0.2) is 37.0 Å². The number of carbonyl (C=O) groups excluding carboxylic acids is 1. The summed E-state index contributed by atoms with van der Waals surface area (Å²) in [7, 11) is 0. The third-order valence-electron chi connectivity index (χ3n) is 4.33. The molecule has 3 N–H and O–H groups in total. The van der Waals surface area contributed by atoms with E-state index in [1.165, 1.54) is 6.07 Å². The van der Waals surface area contributed by atoms with Crippen LogP contribution in [0, 0.1) is 18.2 Å². The molecule has 0 spiro atoms. The molecule has 5 heteroatoms. The zero-order valence-corrected chi connectivity index (χ0v) is 12.8. The van der Waals surface area contributed by atoms with Crippen molar-refractivity contribution in [2.45, 2.75) is 26.7 Å². The molecule has 0 bridgehead atoms. The maximum atomic E-state index is 13.4. The van der Waals surface area contributed by atoms with E-state index in [0.29, 0.717) is 24.2 Å². The number of hydrogen-bond acceptors (Lipinski definition) is 3. The van der Waals surface area contributed by atoms with Crippen LogP contribution < -0.4 is 11.1 Å². The molecular formula is C16H24FN3O. The normalized spacial score (nSPS) is 22.5. The van der Waals surface area contributed by atoms with E-state index in [1.807, 2.05) is 0 Å². The molecule has 1 aliphatic rings. The molecule has 1 aromatic rings. The lowest BCUT2D eigenvalue weighted by molar-refractivity contribution is -0.116. The standard InChI is InChI=1S/C16H24FN3O/c1-12-13(17)4-3-5-14(12)19-15(21)6-8-20-9-7-16(2,10-18)11-20/h3-5H,6-11,18H2,1-2H3,(H,19,21). The highest BCUT2D eigenvalue weighted by Crippen LogP contribution is 2.28. The third kappa shape index (κ3) is 4.02. The summed E-state index contributed by atoms with van der Waals surface area (Å²) in [6.45, 7) is 7.17. The van der Waals surface area contributed by atoms with E-state index in [2.05, 4.69) is 17.1 Å². The van der Waals surface area contributed by atoms with Gasteiger partial charge in [0.2, 0.25) is 5.91 Å². The molecule has 1 heterocycles. The van der Waals surface area contributed by atoms with Crippen LogP contribution in [-0.2, 0) is 4.79 Å². The summed E-state index contributed by atoms with van der Waals surface area (Å²) in [6.07, 6.45) is 1.49. The second-order valence-corrected chi connectivity index (χ2v) is 6.25. The molecule has 1 aliphatic heterocycles. The van der Waals surface area contributed by atoms with Gasteiger partial charge in [0.05, 0.1) is 0 Å². The molecule has 0 aliphatic carbocycles. The van der Waals surface area contributed by atoms with Crippen LogP contribution >= 0.6 is 0 Å². The van der Waals surface area contributed by atoms with Crippen molar-refractivity contribution in [1.29, 1.82) is 0 Å². The molecule has 0 aromatic heterocycles. The Hall–Kier alpha value is -1.46. The van der Waals surface area contributed by atoms with Crippen molar-refractivity contribution >= 4 is 11.6 Å². The van der Waals surface area contributed by atoms with Gasteiger partial charge in [0.1, 0.15) is 5.82 Å². The summed E-state index contributed by atoms with van der Waals surface area (Å²) in [5.74, 6) is -0.379. The van der Waals surface area contributed by atoms with Gasteiger partial charge in [0.15, 0.2) is 0 Å². The number of benzene rings is 1. The Bertz CT molecular complexity index is 520. The largest absolute Gasteiger partial charge is 0.330 e. The van der Waals surface area contributed by atoms with Gasteiger partial charge >= 0.3 is 0 Å². The number of nitrogens with two attached hydrogens (primary N) is 1. The predicted octanol–water partition coefficient (Wildman–Crippen LogP) is 2.13. The first-order valence-corrected chi connectivity index (χ1v) is 7.41. The minimum Gasteiger partial charge on any atom is -0.330 e. The third-order valence-corrected chi connectivity index (χ3v) is 4.33. The fraction of sp³-hybridized carbons (Fsp3) is 0.562. The fourth-order valence-electron chi connectivity index (χ4n) is 2.70. The van der Waals surface area contributed by atoms with E-state index < -0.39 is 0 Å². The number of nitrogens with one attached hydrogen (secondary N) is 1. The van der Waals surface area contributed by atoms with Crippen LogP contribution in [0.2, 0.25) is 0 Å². The van der Waals surface area contributed by atoms with Crippen molar-refractivity contribution < 1.29 is 9.18 Å². The van der Waals surface area contributed by atoms with Gasteiger partial charge in [-0.2, -0.15) is 0 Å². The SMILES string of the molecule is Cc1c(F)cccc1NC(=O)CCN1CCC(C)(CN)C1. The number of halogens is 1. The summed E-state index contributed by atoms with van der Waals surface area (Å²) in [4.78, 5) is 14.2. The van der Waals surface area contributed by atoms with E-state index in [9.17, 15) is 9.18 Å². The molecule has 1 saturated heterocycles. The second-order valence-electron chi connectivity index (χ2n) is 6.25. The average Bonchev–Trinajstić information content (AvgIpc) is 2.84. The number of nitrogens with zero attached hydrogens (tertiary/aromatic N) is 1. The smallest absolute Gasteiger partial charge is 0.225 e. The van der Waals surface area contributed by atoms with Gasteiger partial charge in [-0.1, -0.05) is 13.0 Å². The number of rotatable bonds is 5. The molecule has 116 valence electrons. The van der Waals surface area contributed by atoms with Crippen molar-refractivity contribution in [3.8, 4) is 0 Å². The van der Waals surface area contributed by atoms with Crippen LogP contribution in [0.3, 0.4) is 0 Å².